The number of para-hydroxylation sites is 1. The molecule has 0 unspecified atom stereocenters. The van der Waals surface area contributed by atoms with E-state index in [0.717, 1.165) is 0 Å². The van der Waals surface area contributed by atoms with Crippen LogP contribution in [0.3, 0.4) is 0 Å². The second kappa shape index (κ2) is 8.43. The lowest BCUT2D eigenvalue weighted by atomic mass is 9.88. The van der Waals surface area contributed by atoms with Crippen LogP contribution in [0.2, 0.25) is 0 Å². The maximum Gasteiger partial charge on any atom is 0.264 e. The molecule has 0 radical (unpaired) electrons. The first kappa shape index (κ1) is 21.5. The molecule has 1 aliphatic rings. The van der Waals surface area contributed by atoms with Crippen molar-refractivity contribution in [2.75, 3.05) is 19.1 Å². The van der Waals surface area contributed by atoms with E-state index in [1.165, 1.54) is 31.3 Å². The van der Waals surface area contributed by atoms with Gasteiger partial charge in [0, 0.05) is 11.6 Å². The number of hydrogen-bond acceptors (Lipinski definition) is 5. The largest absolute Gasteiger partial charge is 0.497 e. The number of anilines is 1. The predicted molar refractivity (Wildman–Crippen MR) is 116 cm³/mol. The van der Waals surface area contributed by atoms with E-state index in [9.17, 15) is 19.1 Å². The molecule has 0 saturated carbocycles. The van der Waals surface area contributed by atoms with Crippen LogP contribution in [0.15, 0.2) is 66.7 Å². The molecule has 0 aromatic heterocycles. The number of methoxy groups -OCH3 is 2. The Kier molecular flexibility index (Phi) is 5.67. The van der Waals surface area contributed by atoms with Crippen molar-refractivity contribution in [3.63, 3.8) is 0 Å². The summed E-state index contributed by atoms with van der Waals surface area (Å²) in [5.74, 6) is -0.708. The standard InChI is InChI=1S/C25H22FNO5/c1-31-18-10-11-19(23(13-18)32-2)22(28)14-25(30)20-8-3-4-9-21(20)27(24(25)29)15-16-6-5-7-17(26)12-16/h3-13,30H,14-15H2,1-2H3/t25-/m0/s1. The lowest BCUT2D eigenvalue weighted by molar-refractivity contribution is -0.136. The quantitative estimate of drug-likeness (QED) is 0.571. The summed E-state index contributed by atoms with van der Waals surface area (Å²) < 4.78 is 24.1. The fraction of sp³-hybridized carbons (Fsp3) is 0.200. The molecular formula is C25H22FNO5. The molecule has 6 nitrogen and oxygen atoms in total. The molecule has 1 atom stereocenters. The highest BCUT2D eigenvalue weighted by Crippen LogP contribution is 2.44. The van der Waals surface area contributed by atoms with Crippen molar-refractivity contribution in [1.29, 1.82) is 0 Å². The average molecular weight is 435 g/mol. The molecule has 7 heteroatoms. The highest BCUT2D eigenvalue weighted by atomic mass is 19.1. The van der Waals surface area contributed by atoms with Gasteiger partial charge in [0.2, 0.25) is 0 Å². The fourth-order valence-corrected chi connectivity index (χ4v) is 4.01. The first-order valence-corrected chi connectivity index (χ1v) is 10.0. The van der Waals surface area contributed by atoms with Crippen molar-refractivity contribution in [2.45, 2.75) is 18.6 Å². The van der Waals surface area contributed by atoms with Gasteiger partial charge in [0.05, 0.1) is 38.4 Å². The average Bonchev–Trinajstić information content (AvgIpc) is 3.00. The van der Waals surface area contributed by atoms with E-state index in [-0.39, 0.29) is 17.9 Å². The minimum absolute atomic E-state index is 0.0654. The van der Waals surface area contributed by atoms with Crippen LogP contribution in [-0.2, 0) is 16.9 Å². The van der Waals surface area contributed by atoms with Crippen LogP contribution in [0.5, 0.6) is 11.5 Å². The maximum absolute atomic E-state index is 13.7. The molecule has 0 saturated heterocycles. The molecular weight excluding hydrogens is 413 g/mol. The Morgan fingerprint density at radius 3 is 2.53 bits per heavy atom. The summed E-state index contributed by atoms with van der Waals surface area (Å²) in [6, 6.07) is 17.4. The number of rotatable bonds is 7. The minimum Gasteiger partial charge on any atom is -0.497 e. The van der Waals surface area contributed by atoms with Crippen molar-refractivity contribution in [2.24, 2.45) is 0 Å². The third-order valence-corrected chi connectivity index (χ3v) is 5.59. The normalized spacial score (nSPS) is 17.2. The third kappa shape index (κ3) is 3.71. The second-order valence-corrected chi connectivity index (χ2v) is 7.56. The number of fused-ring (bicyclic) bond motifs is 1. The molecule has 0 spiro atoms. The van der Waals surface area contributed by atoms with Crippen molar-refractivity contribution in [3.05, 3.63) is 89.2 Å². The van der Waals surface area contributed by atoms with Gasteiger partial charge in [-0.15, -0.1) is 0 Å². The van der Waals surface area contributed by atoms with Gasteiger partial charge in [-0.25, -0.2) is 4.39 Å². The highest BCUT2D eigenvalue weighted by Gasteiger charge is 2.51. The molecule has 32 heavy (non-hydrogen) atoms. The van der Waals surface area contributed by atoms with Gasteiger partial charge in [0.25, 0.3) is 5.91 Å². The summed E-state index contributed by atoms with van der Waals surface area (Å²) >= 11 is 0. The number of amides is 1. The summed E-state index contributed by atoms with van der Waals surface area (Å²) in [5, 5.41) is 11.5. The van der Waals surface area contributed by atoms with E-state index in [0.29, 0.717) is 22.6 Å². The first-order chi connectivity index (χ1) is 15.4. The van der Waals surface area contributed by atoms with Crippen LogP contribution in [0.25, 0.3) is 0 Å². The molecule has 1 aliphatic heterocycles. The second-order valence-electron chi connectivity index (χ2n) is 7.56. The Labute approximate surface area is 184 Å². The number of benzene rings is 3. The van der Waals surface area contributed by atoms with E-state index >= 15 is 0 Å². The van der Waals surface area contributed by atoms with Crippen LogP contribution in [0, 0.1) is 5.82 Å². The zero-order chi connectivity index (χ0) is 22.9. The molecule has 164 valence electrons. The number of Topliss-reactive ketones (excluding diaryl/α,β-unsaturated/α-hetero) is 1. The predicted octanol–water partition coefficient (Wildman–Crippen LogP) is 3.85. The SMILES string of the molecule is COc1ccc(C(=O)C[C@@]2(O)C(=O)N(Cc3cccc(F)c3)c3ccccc32)c(OC)c1. The summed E-state index contributed by atoms with van der Waals surface area (Å²) in [6.07, 6.45) is -0.467. The summed E-state index contributed by atoms with van der Waals surface area (Å²) in [6.45, 7) is 0.0654. The summed E-state index contributed by atoms with van der Waals surface area (Å²) in [5.41, 5.74) is -0.427. The number of hydrogen-bond donors (Lipinski definition) is 1. The number of carbonyl (C=O) groups excluding carboxylic acids is 2. The van der Waals surface area contributed by atoms with Gasteiger partial charge >= 0.3 is 0 Å². The number of aliphatic hydroxyl groups is 1. The molecule has 0 bridgehead atoms. The van der Waals surface area contributed by atoms with Crippen LogP contribution in [-0.4, -0.2) is 31.0 Å². The van der Waals surface area contributed by atoms with E-state index in [4.69, 9.17) is 9.47 Å². The van der Waals surface area contributed by atoms with Gasteiger partial charge < -0.3 is 19.5 Å². The number of ketones is 1. The van der Waals surface area contributed by atoms with Crippen LogP contribution < -0.4 is 14.4 Å². The zero-order valence-electron chi connectivity index (χ0n) is 17.7. The molecule has 0 fully saturated rings. The summed E-state index contributed by atoms with van der Waals surface area (Å²) in [4.78, 5) is 27.9. The van der Waals surface area contributed by atoms with Crippen molar-refractivity contribution in [1.82, 2.24) is 0 Å². The van der Waals surface area contributed by atoms with E-state index in [2.05, 4.69) is 0 Å². The molecule has 3 aromatic rings. The Bertz CT molecular complexity index is 1190. The molecule has 1 amide bonds. The molecule has 0 aliphatic carbocycles. The molecule has 4 rings (SSSR count). The van der Waals surface area contributed by atoms with E-state index in [1.807, 2.05) is 0 Å². The van der Waals surface area contributed by atoms with Gasteiger partial charge in [-0.05, 0) is 35.9 Å². The smallest absolute Gasteiger partial charge is 0.264 e. The van der Waals surface area contributed by atoms with Gasteiger partial charge in [0.1, 0.15) is 17.3 Å². The zero-order valence-corrected chi connectivity index (χ0v) is 17.7. The molecule has 3 aromatic carbocycles. The monoisotopic (exact) mass is 435 g/mol. The minimum atomic E-state index is -2.05. The van der Waals surface area contributed by atoms with Gasteiger partial charge in [-0.3, -0.25) is 9.59 Å². The maximum atomic E-state index is 13.7. The molecule has 1 heterocycles. The Morgan fingerprint density at radius 2 is 1.81 bits per heavy atom. The molecule has 1 N–H and O–H groups in total. The highest BCUT2D eigenvalue weighted by molar-refractivity contribution is 6.11. The third-order valence-electron chi connectivity index (χ3n) is 5.59. The van der Waals surface area contributed by atoms with Gasteiger partial charge in [0.15, 0.2) is 11.4 Å². The van der Waals surface area contributed by atoms with E-state index < -0.39 is 29.5 Å². The van der Waals surface area contributed by atoms with E-state index in [1.54, 1.807) is 54.6 Å². The Morgan fingerprint density at radius 1 is 1.03 bits per heavy atom. The van der Waals surface area contributed by atoms with Gasteiger partial charge in [-0.2, -0.15) is 0 Å². The first-order valence-electron chi connectivity index (χ1n) is 10.0. The lowest BCUT2D eigenvalue weighted by Crippen LogP contribution is -2.41. The fourth-order valence-electron chi connectivity index (χ4n) is 4.01. The number of carbonyl (C=O) groups is 2. The topological polar surface area (TPSA) is 76.1 Å². The van der Waals surface area contributed by atoms with Gasteiger partial charge in [-0.1, -0.05) is 30.3 Å². The number of halogens is 1. The summed E-state index contributed by atoms with van der Waals surface area (Å²) in [7, 11) is 2.93. The van der Waals surface area contributed by atoms with Crippen LogP contribution >= 0.6 is 0 Å². The van der Waals surface area contributed by atoms with Crippen LogP contribution in [0.1, 0.15) is 27.9 Å². The number of nitrogens with zero attached hydrogens (tertiary/aromatic N) is 1. The van der Waals surface area contributed by atoms with Crippen molar-refractivity contribution >= 4 is 17.4 Å². The lowest BCUT2D eigenvalue weighted by Gasteiger charge is -2.23. The van der Waals surface area contributed by atoms with Crippen molar-refractivity contribution in [3.8, 4) is 11.5 Å². The van der Waals surface area contributed by atoms with Crippen LogP contribution in [0.4, 0.5) is 10.1 Å². The Balaban J connectivity index is 1.68. The number of ether oxygens (including phenoxy) is 2. The van der Waals surface area contributed by atoms with Crippen molar-refractivity contribution < 1.29 is 28.6 Å². The Hall–Kier alpha value is -3.71.